The molecule has 7 heteroatoms. The lowest BCUT2D eigenvalue weighted by Crippen LogP contribution is -2.04. The van der Waals surface area contributed by atoms with Gasteiger partial charge in [-0.15, -0.1) is 5.10 Å². The predicted octanol–water partition coefficient (Wildman–Crippen LogP) is 2.39. The Kier molecular flexibility index (Phi) is 13.3. The van der Waals surface area contributed by atoms with Gasteiger partial charge < -0.3 is 14.2 Å². The second kappa shape index (κ2) is 15.5. The Morgan fingerprint density at radius 2 is 1.85 bits per heavy atom. The molecule has 0 radical (unpaired) electrons. The van der Waals surface area contributed by atoms with Gasteiger partial charge in [-0.3, -0.25) is 9.48 Å². The molecule has 0 bridgehead atoms. The van der Waals surface area contributed by atoms with Gasteiger partial charge in [0.1, 0.15) is 24.7 Å². The van der Waals surface area contributed by atoms with E-state index in [-0.39, 0.29) is 0 Å². The van der Waals surface area contributed by atoms with Crippen molar-refractivity contribution in [2.24, 2.45) is 0 Å². The van der Waals surface area contributed by atoms with Crippen molar-refractivity contribution in [3.05, 3.63) is 11.9 Å². The standard InChI is InChI=1S/C19H31N3O4/c1-3-19(23)10-6-5-7-11-22-16-18(20-21-22)17-26-13-9-8-12-25-15-14-24-4-2/h16H,3-7,10-15,17H2,1-2H3. The largest absolute Gasteiger partial charge is 0.379 e. The predicted molar refractivity (Wildman–Crippen MR) is 98.5 cm³/mol. The zero-order valence-corrected chi connectivity index (χ0v) is 16.0. The molecule has 0 N–H and O–H groups in total. The van der Waals surface area contributed by atoms with E-state index in [1.54, 1.807) is 0 Å². The van der Waals surface area contributed by atoms with Gasteiger partial charge in [-0.25, -0.2) is 0 Å². The summed E-state index contributed by atoms with van der Waals surface area (Å²) in [7, 11) is 0. The maximum atomic E-state index is 11.2. The van der Waals surface area contributed by atoms with Crippen LogP contribution in [-0.2, 0) is 32.2 Å². The Labute approximate surface area is 156 Å². The molecule has 0 aliphatic carbocycles. The van der Waals surface area contributed by atoms with E-state index in [1.165, 1.54) is 0 Å². The zero-order chi connectivity index (χ0) is 18.9. The van der Waals surface area contributed by atoms with Crippen molar-refractivity contribution in [3.8, 4) is 11.8 Å². The Bertz CT molecular complexity index is 548. The lowest BCUT2D eigenvalue weighted by Gasteiger charge is -2.00. The summed E-state index contributed by atoms with van der Waals surface area (Å²) in [5.74, 6) is 6.12. The number of unbranched alkanes of at least 4 members (excludes halogenated alkanes) is 2. The highest BCUT2D eigenvalue weighted by Crippen LogP contribution is 2.04. The second-order valence-corrected chi connectivity index (χ2v) is 5.77. The molecule has 0 unspecified atom stereocenters. The number of nitrogens with zero attached hydrogens (tertiary/aromatic N) is 3. The first-order valence-corrected chi connectivity index (χ1v) is 9.35. The molecule has 0 aliphatic rings. The van der Waals surface area contributed by atoms with Crippen LogP contribution < -0.4 is 0 Å². The van der Waals surface area contributed by atoms with E-state index in [4.69, 9.17) is 14.2 Å². The van der Waals surface area contributed by atoms with Crippen molar-refractivity contribution in [2.45, 2.75) is 59.1 Å². The van der Waals surface area contributed by atoms with Crippen LogP contribution in [0.15, 0.2) is 6.20 Å². The van der Waals surface area contributed by atoms with Gasteiger partial charge in [0.2, 0.25) is 0 Å². The van der Waals surface area contributed by atoms with E-state index >= 15 is 0 Å². The van der Waals surface area contributed by atoms with E-state index in [9.17, 15) is 4.79 Å². The number of aromatic nitrogens is 3. The summed E-state index contributed by atoms with van der Waals surface area (Å²) in [5, 5.41) is 8.16. The fraction of sp³-hybridized carbons (Fsp3) is 0.737. The summed E-state index contributed by atoms with van der Waals surface area (Å²) in [4.78, 5) is 11.2. The average Bonchev–Trinajstić information content (AvgIpc) is 3.10. The Hall–Kier alpha value is -1.75. The lowest BCUT2D eigenvalue weighted by molar-refractivity contribution is -0.118. The van der Waals surface area contributed by atoms with Gasteiger partial charge in [0.25, 0.3) is 0 Å². The maximum Gasteiger partial charge on any atom is 0.132 e. The number of hydrogen-bond acceptors (Lipinski definition) is 6. The highest BCUT2D eigenvalue weighted by Gasteiger charge is 2.01. The fourth-order valence-electron chi connectivity index (χ4n) is 2.16. The summed E-state index contributed by atoms with van der Waals surface area (Å²) in [6.07, 6.45) is 6.19. The number of ketones is 1. The molecule has 0 aliphatic heterocycles. The van der Waals surface area contributed by atoms with Gasteiger partial charge >= 0.3 is 0 Å². The molecule has 26 heavy (non-hydrogen) atoms. The van der Waals surface area contributed by atoms with Crippen molar-refractivity contribution < 1.29 is 19.0 Å². The fourth-order valence-corrected chi connectivity index (χ4v) is 2.16. The molecule has 146 valence electrons. The van der Waals surface area contributed by atoms with Gasteiger partial charge in [-0.05, 0) is 19.8 Å². The van der Waals surface area contributed by atoms with Crippen molar-refractivity contribution in [1.29, 1.82) is 0 Å². The number of carbonyl (C=O) groups excluding carboxylic acids is 1. The van der Waals surface area contributed by atoms with Crippen molar-refractivity contribution in [3.63, 3.8) is 0 Å². The van der Waals surface area contributed by atoms with Crippen molar-refractivity contribution in [2.75, 3.05) is 33.0 Å². The highest BCUT2D eigenvalue weighted by molar-refractivity contribution is 5.77. The van der Waals surface area contributed by atoms with Crippen molar-refractivity contribution >= 4 is 5.78 Å². The van der Waals surface area contributed by atoms with Gasteiger partial charge in [0, 0.05) is 26.0 Å². The first-order valence-electron chi connectivity index (χ1n) is 9.35. The van der Waals surface area contributed by atoms with E-state index in [2.05, 4.69) is 22.2 Å². The van der Waals surface area contributed by atoms with Gasteiger partial charge in [-0.2, -0.15) is 0 Å². The SMILES string of the molecule is CCOCCOCC#CCOCc1cn(CCCCCC(=O)CC)nn1. The quantitative estimate of drug-likeness (QED) is 0.351. The van der Waals surface area contributed by atoms with Gasteiger partial charge in [0.15, 0.2) is 0 Å². The van der Waals surface area contributed by atoms with Crippen LogP contribution in [0.1, 0.15) is 51.6 Å². The van der Waals surface area contributed by atoms with Crippen LogP contribution in [0, 0.1) is 11.8 Å². The first kappa shape index (κ1) is 22.3. The van der Waals surface area contributed by atoms with E-state index < -0.39 is 0 Å². The minimum absolute atomic E-state index is 0.338. The zero-order valence-electron chi connectivity index (χ0n) is 16.0. The normalized spacial score (nSPS) is 10.5. The topological polar surface area (TPSA) is 75.5 Å². The molecule has 0 atom stereocenters. The molecule has 0 saturated heterocycles. The number of rotatable bonds is 15. The monoisotopic (exact) mass is 365 g/mol. The van der Waals surface area contributed by atoms with Crippen LogP contribution in [0.2, 0.25) is 0 Å². The third-order valence-electron chi connectivity index (χ3n) is 3.62. The number of Topliss-reactive ketones (excluding diaryl/α,β-unsaturated/α-hetero) is 1. The summed E-state index contributed by atoms with van der Waals surface area (Å²) >= 11 is 0. The first-order chi connectivity index (χ1) is 12.8. The average molecular weight is 365 g/mol. The molecule has 1 aromatic rings. The number of ether oxygens (including phenoxy) is 3. The van der Waals surface area contributed by atoms with E-state index in [1.807, 2.05) is 24.7 Å². The number of hydrogen-bond donors (Lipinski definition) is 0. The summed E-state index contributed by atoms with van der Waals surface area (Å²) in [5.41, 5.74) is 0.793. The van der Waals surface area contributed by atoms with Gasteiger partial charge in [-0.1, -0.05) is 30.4 Å². The van der Waals surface area contributed by atoms with Gasteiger partial charge in [0.05, 0.1) is 26.0 Å². The molecule has 0 fully saturated rings. The summed E-state index contributed by atoms with van der Waals surface area (Å²) < 4.78 is 17.7. The van der Waals surface area contributed by atoms with Crippen LogP contribution >= 0.6 is 0 Å². The number of aryl methyl sites for hydroxylation is 1. The maximum absolute atomic E-state index is 11.2. The molecule has 1 aromatic heterocycles. The van der Waals surface area contributed by atoms with Crippen LogP contribution in [0.3, 0.4) is 0 Å². The van der Waals surface area contributed by atoms with Crippen LogP contribution in [0.25, 0.3) is 0 Å². The number of carbonyl (C=O) groups is 1. The van der Waals surface area contributed by atoms with Crippen LogP contribution in [-0.4, -0.2) is 53.8 Å². The minimum atomic E-state index is 0.338. The van der Waals surface area contributed by atoms with E-state index in [0.29, 0.717) is 58.3 Å². The van der Waals surface area contributed by atoms with Crippen LogP contribution in [0.5, 0.6) is 0 Å². The van der Waals surface area contributed by atoms with E-state index in [0.717, 1.165) is 31.5 Å². The third kappa shape index (κ3) is 11.7. The molecule has 0 amide bonds. The Balaban J connectivity index is 2.03. The highest BCUT2D eigenvalue weighted by atomic mass is 16.5. The molecular formula is C19H31N3O4. The molecule has 0 aromatic carbocycles. The Morgan fingerprint density at radius 1 is 1.08 bits per heavy atom. The molecular weight excluding hydrogens is 334 g/mol. The molecule has 0 spiro atoms. The Morgan fingerprint density at radius 3 is 2.62 bits per heavy atom. The van der Waals surface area contributed by atoms with Crippen LogP contribution in [0.4, 0.5) is 0 Å². The lowest BCUT2D eigenvalue weighted by atomic mass is 10.1. The second-order valence-electron chi connectivity index (χ2n) is 5.77. The molecule has 7 nitrogen and oxygen atoms in total. The third-order valence-corrected chi connectivity index (χ3v) is 3.62. The molecule has 0 saturated carbocycles. The summed E-state index contributed by atoms with van der Waals surface area (Å²) in [6, 6.07) is 0. The summed E-state index contributed by atoms with van der Waals surface area (Å²) in [6.45, 7) is 7.65. The molecule has 1 rings (SSSR count). The minimum Gasteiger partial charge on any atom is -0.379 e. The van der Waals surface area contributed by atoms with Crippen molar-refractivity contribution in [1.82, 2.24) is 15.0 Å². The smallest absolute Gasteiger partial charge is 0.132 e. The molecule has 1 heterocycles.